The minimum atomic E-state index is -7.33. The van der Waals surface area contributed by atoms with E-state index in [2.05, 4.69) is 9.39 Å². The van der Waals surface area contributed by atoms with Crippen LogP contribution in [0.1, 0.15) is 0 Å². The molecule has 0 aliphatic rings. The van der Waals surface area contributed by atoms with Gasteiger partial charge in [-0.2, -0.15) is 39.5 Å². The van der Waals surface area contributed by atoms with Crippen molar-refractivity contribution in [3.05, 3.63) is 0 Å². The summed E-state index contributed by atoms with van der Waals surface area (Å²) in [5.74, 6) is -20.6. The highest BCUT2D eigenvalue weighted by atomic mass is 19.4. The number of hydrogen-bond acceptors (Lipinski definition) is 6. The first kappa shape index (κ1) is 20.3. The topological polar surface area (TPSA) is 93.1 Å². The molecule has 6 nitrogen and oxygen atoms in total. The van der Waals surface area contributed by atoms with E-state index in [0.717, 1.165) is 0 Å². The van der Waals surface area contributed by atoms with Gasteiger partial charge < -0.3 is 19.4 Å². The van der Waals surface area contributed by atoms with Crippen molar-refractivity contribution >= 4 is 19.3 Å². The fourth-order valence-electron chi connectivity index (χ4n) is 0.727. The Morgan fingerprint density at radius 1 is 0.773 bits per heavy atom. The summed E-state index contributed by atoms with van der Waals surface area (Å²) >= 11 is 0. The molecule has 0 heterocycles. The summed E-state index contributed by atoms with van der Waals surface area (Å²) in [6.45, 7) is 0. The molecule has 0 bridgehead atoms. The normalized spacial score (nSPS) is 13.6. The van der Waals surface area contributed by atoms with Gasteiger partial charge in [-0.25, -0.2) is 9.59 Å². The lowest BCUT2D eigenvalue weighted by atomic mass is 10.1. The molecule has 128 valence electrons. The van der Waals surface area contributed by atoms with E-state index in [1.165, 1.54) is 0 Å². The van der Waals surface area contributed by atoms with Crippen molar-refractivity contribution in [2.45, 2.75) is 24.1 Å². The van der Waals surface area contributed by atoms with E-state index < -0.39 is 43.4 Å². The van der Waals surface area contributed by atoms with Crippen LogP contribution in [0.3, 0.4) is 0 Å². The van der Waals surface area contributed by atoms with Gasteiger partial charge in [-0.3, -0.25) is 0 Å². The van der Waals surface area contributed by atoms with E-state index in [-0.39, 0.29) is 0 Å². The highest BCUT2D eigenvalue weighted by Crippen LogP contribution is 2.53. The van der Waals surface area contributed by atoms with E-state index in [1.54, 1.807) is 0 Å². The second kappa shape index (κ2) is 5.83. The molecule has 0 atom stereocenters. The predicted octanol–water partition coefficient (Wildman–Crippen LogP) is 0.468. The van der Waals surface area contributed by atoms with Gasteiger partial charge in [0, 0.05) is 0 Å². The zero-order valence-corrected chi connectivity index (χ0v) is 9.51. The number of rotatable bonds is 4. The Hall–Kier alpha value is -1.71. The fourth-order valence-corrected chi connectivity index (χ4v) is 0.727. The van der Waals surface area contributed by atoms with Crippen LogP contribution in [0.25, 0.3) is 0 Å². The third-order valence-corrected chi connectivity index (χ3v) is 1.72. The van der Waals surface area contributed by atoms with Crippen molar-refractivity contribution in [3.63, 3.8) is 0 Å². The Kier molecular flexibility index (Phi) is 5.37. The van der Waals surface area contributed by atoms with E-state index in [4.69, 9.17) is 10.0 Å². The van der Waals surface area contributed by atoms with Crippen molar-refractivity contribution in [1.82, 2.24) is 0 Å². The van der Waals surface area contributed by atoms with Crippen LogP contribution in [-0.4, -0.2) is 53.4 Å². The summed E-state index contributed by atoms with van der Waals surface area (Å²) in [6, 6.07) is 0. The van der Waals surface area contributed by atoms with E-state index in [1.807, 2.05) is 0 Å². The molecule has 22 heavy (non-hydrogen) atoms. The van der Waals surface area contributed by atoms with Crippen molar-refractivity contribution in [1.29, 1.82) is 0 Å². The van der Waals surface area contributed by atoms with Gasteiger partial charge in [0.1, 0.15) is 0 Å². The van der Waals surface area contributed by atoms with Crippen molar-refractivity contribution in [3.8, 4) is 0 Å². The Bertz CT molecular complexity index is 446. The lowest BCUT2D eigenvalue weighted by Crippen LogP contribution is -2.62. The van der Waals surface area contributed by atoms with Crippen molar-refractivity contribution in [2.24, 2.45) is 0 Å². The van der Waals surface area contributed by atoms with Gasteiger partial charge in [0.25, 0.3) is 0 Å². The standard InChI is InChI=1S/C6H2BF9O6/c8-3(9,5(12,13)14)4(10,11)6(15,16)21-1(17)2(18)22-7(19)20/h19-20H. The van der Waals surface area contributed by atoms with Crippen LogP contribution in [0, 0.1) is 0 Å². The summed E-state index contributed by atoms with van der Waals surface area (Å²) in [6.07, 6.45) is -13.9. The maximum atomic E-state index is 12.7. The number of carbonyl (C=O) groups excluding carboxylic acids is 2. The van der Waals surface area contributed by atoms with Gasteiger partial charge in [-0.15, -0.1) is 0 Å². The van der Waals surface area contributed by atoms with Crippen molar-refractivity contribution in [2.75, 3.05) is 0 Å². The maximum Gasteiger partial charge on any atom is 0.709 e. The smallest absolute Gasteiger partial charge is 0.476 e. The lowest BCUT2D eigenvalue weighted by molar-refractivity contribution is -0.434. The Labute approximate surface area is 113 Å². The molecule has 0 saturated heterocycles. The first-order valence-electron chi connectivity index (χ1n) is 4.47. The number of carbonyl (C=O) groups is 2. The molecular weight excluding hydrogens is 350 g/mol. The fraction of sp³-hybridized carbons (Fsp3) is 0.667. The quantitative estimate of drug-likeness (QED) is 0.331. The van der Waals surface area contributed by atoms with Crippen LogP contribution < -0.4 is 0 Å². The molecule has 0 aliphatic carbocycles. The molecule has 0 radical (unpaired) electrons. The molecule has 0 aromatic heterocycles. The molecule has 0 saturated carbocycles. The molecular formula is C6H2BF9O6. The molecule has 0 unspecified atom stereocenters. The van der Waals surface area contributed by atoms with Crippen LogP contribution >= 0.6 is 0 Å². The maximum absolute atomic E-state index is 12.7. The molecule has 0 spiro atoms. The number of ether oxygens (including phenoxy) is 1. The summed E-state index contributed by atoms with van der Waals surface area (Å²) < 4.78 is 115. The molecule has 2 N–H and O–H groups in total. The zero-order valence-electron chi connectivity index (χ0n) is 9.51. The van der Waals surface area contributed by atoms with Crippen LogP contribution in [0.2, 0.25) is 0 Å². The molecule has 0 aromatic rings. The minimum Gasteiger partial charge on any atom is -0.476 e. The molecule has 0 aliphatic heterocycles. The Morgan fingerprint density at radius 3 is 1.50 bits per heavy atom. The highest BCUT2D eigenvalue weighted by molar-refractivity contribution is 6.43. The van der Waals surface area contributed by atoms with Gasteiger partial charge in [-0.1, -0.05) is 0 Å². The van der Waals surface area contributed by atoms with Gasteiger partial charge in [0.15, 0.2) is 0 Å². The number of hydrogen-bond donors (Lipinski definition) is 2. The molecule has 0 rings (SSSR count). The van der Waals surface area contributed by atoms with E-state index in [9.17, 15) is 49.1 Å². The second-order valence-corrected chi connectivity index (χ2v) is 3.28. The summed E-state index contributed by atoms with van der Waals surface area (Å²) in [7, 11) is -3.11. The molecule has 16 heteroatoms. The van der Waals surface area contributed by atoms with Crippen LogP contribution in [0.5, 0.6) is 0 Å². The monoisotopic (exact) mass is 352 g/mol. The zero-order chi connectivity index (χ0) is 18.1. The van der Waals surface area contributed by atoms with Gasteiger partial charge in [-0.05, 0) is 0 Å². The number of alkyl halides is 9. The highest BCUT2D eigenvalue weighted by Gasteiger charge is 2.84. The largest absolute Gasteiger partial charge is 0.709 e. The second-order valence-electron chi connectivity index (χ2n) is 3.28. The minimum absolute atomic E-state index is 2.25. The molecule has 0 amide bonds. The number of halogens is 9. The first-order chi connectivity index (χ1) is 9.47. The SMILES string of the molecule is O=C(OB(O)O)C(=O)OC(F)(F)C(F)(F)C(F)(F)C(F)(F)F. The predicted molar refractivity (Wildman–Crippen MR) is 43.3 cm³/mol. The Morgan fingerprint density at radius 2 is 1.18 bits per heavy atom. The average Bonchev–Trinajstić information content (AvgIpc) is 2.25. The van der Waals surface area contributed by atoms with Gasteiger partial charge in [0.05, 0.1) is 0 Å². The van der Waals surface area contributed by atoms with Gasteiger partial charge >= 0.3 is 43.4 Å². The van der Waals surface area contributed by atoms with Crippen LogP contribution in [-0.2, 0) is 19.0 Å². The summed E-state index contributed by atoms with van der Waals surface area (Å²) in [4.78, 5) is 20.9. The lowest BCUT2D eigenvalue weighted by Gasteiger charge is -2.32. The van der Waals surface area contributed by atoms with E-state index >= 15 is 0 Å². The molecule has 0 aromatic carbocycles. The van der Waals surface area contributed by atoms with Gasteiger partial charge in [0.2, 0.25) is 0 Å². The third kappa shape index (κ3) is 3.73. The summed E-state index contributed by atoms with van der Waals surface area (Å²) in [5.41, 5.74) is 0. The summed E-state index contributed by atoms with van der Waals surface area (Å²) in [5, 5.41) is 15.9. The number of esters is 1. The van der Waals surface area contributed by atoms with E-state index in [0.29, 0.717) is 0 Å². The van der Waals surface area contributed by atoms with Crippen molar-refractivity contribution < 1.29 is 68.5 Å². The first-order valence-corrected chi connectivity index (χ1v) is 4.47. The third-order valence-electron chi connectivity index (χ3n) is 1.72. The van der Waals surface area contributed by atoms with Crippen LogP contribution in [0.15, 0.2) is 0 Å². The molecule has 0 fully saturated rings. The average molecular weight is 352 g/mol. The Balaban J connectivity index is 5.38. The van der Waals surface area contributed by atoms with Crippen LogP contribution in [0.4, 0.5) is 39.5 Å².